The van der Waals surface area contributed by atoms with Crippen LogP contribution in [-0.4, -0.2) is 21.9 Å². The van der Waals surface area contributed by atoms with Gasteiger partial charge in [0.2, 0.25) is 11.7 Å². The van der Waals surface area contributed by atoms with Crippen LogP contribution in [0.5, 0.6) is 5.75 Å². The maximum absolute atomic E-state index is 5.50. The van der Waals surface area contributed by atoms with Gasteiger partial charge in [0, 0.05) is 21.8 Å². The van der Waals surface area contributed by atoms with Crippen LogP contribution < -0.4 is 15.4 Å². The van der Waals surface area contributed by atoms with Gasteiger partial charge in [-0.1, -0.05) is 51.9 Å². The van der Waals surface area contributed by atoms with Crippen molar-refractivity contribution in [2.75, 3.05) is 11.9 Å². The number of nitrogens with zero attached hydrogens (tertiary/aromatic N) is 2. The molecule has 0 aliphatic rings. The van der Waals surface area contributed by atoms with Gasteiger partial charge in [0.15, 0.2) is 5.11 Å². The van der Waals surface area contributed by atoms with Gasteiger partial charge in [0.05, 0.1) is 6.54 Å². The minimum absolute atomic E-state index is 0.319. The van der Waals surface area contributed by atoms with E-state index >= 15 is 0 Å². The van der Waals surface area contributed by atoms with Crippen molar-refractivity contribution in [2.45, 2.75) is 6.54 Å². The number of rotatable bonds is 7. The molecule has 0 saturated heterocycles. The summed E-state index contributed by atoms with van der Waals surface area (Å²) in [4.78, 5) is 4.37. The molecule has 2 aromatic carbocycles. The topological polar surface area (TPSA) is 72.2 Å². The normalized spacial score (nSPS) is 10.3. The van der Waals surface area contributed by atoms with E-state index in [0.717, 1.165) is 21.5 Å². The Morgan fingerprint density at radius 3 is 2.93 bits per heavy atom. The summed E-state index contributed by atoms with van der Waals surface area (Å²) in [7, 11) is 0. The first-order chi connectivity index (χ1) is 13.1. The van der Waals surface area contributed by atoms with Crippen molar-refractivity contribution >= 4 is 38.9 Å². The largest absolute Gasteiger partial charge is 0.489 e. The predicted octanol–water partition coefficient (Wildman–Crippen LogP) is 4.55. The molecule has 0 aliphatic carbocycles. The van der Waals surface area contributed by atoms with Crippen LogP contribution in [0.3, 0.4) is 0 Å². The Morgan fingerprint density at radius 1 is 1.26 bits per heavy atom. The predicted molar refractivity (Wildman–Crippen MR) is 113 cm³/mol. The number of anilines is 1. The van der Waals surface area contributed by atoms with Crippen LogP contribution in [0.15, 0.2) is 70.2 Å². The molecule has 0 bridgehead atoms. The SMILES string of the molecule is C=CCOc1cccc(NC(=S)NCc2nc(-c3cccc(Br)c3)no2)c1. The van der Waals surface area contributed by atoms with Gasteiger partial charge in [-0.2, -0.15) is 4.98 Å². The zero-order valence-corrected chi connectivity index (χ0v) is 16.7. The second-order valence-electron chi connectivity index (χ2n) is 5.46. The van der Waals surface area contributed by atoms with Gasteiger partial charge in [-0.05, 0) is 36.5 Å². The van der Waals surface area contributed by atoms with E-state index < -0.39 is 0 Å². The molecule has 0 fully saturated rings. The number of benzene rings is 2. The molecule has 1 heterocycles. The van der Waals surface area contributed by atoms with E-state index in [1.807, 2.05) is 48.5 Å². The number of aromatic nitrogens is 2. The highest BCUT2D eigenvalue weighted by molar-refractivity contribution is 9.10. The van der Waals surface area contributed by atoms with Crippen molar-refractivity contribution in [3.8, 4) is 17.1 Å². The summed E-state index contributed by atoms with van der Waals surface area (Å²) in [6.07, 6.45) is 1.69. The average molecular weight is 445 g/mol. The summed E-state index contributed by atoms with van der Waals surface area (Å²) in [6, 6.07) is 15.2. The molecule has 0 spiro atoms. The number of hydrogen-bond donors (Lipinski definition) is 2. The van der Waals surface area contributed by atoms with Gasteiger partial charge in [0.25, 0.3) is 0 Å². The van der Waals surface area contributed by atoms with Crippen molar-refractivity contribution in [2.24, 2.45) is 0 Å². The summed E-state index contributed by atoms with van der Waals surface area (Å²) in [6.45, 7) is 4.40. The third-order valence-corrected chi connectivity index (χ3v) is 4.15. The zero-order valence-electron chi connectivity index (χ0n) is 14.3. The lowest BCUT2D eigenvalue weighted by molar-refractivity contribution is 0.363. The average Bonchev–Trinajstić information content (AvgIpc) is 3.14. The first-order valence-corrected chi connectivity index (χ1v) is 9.31. The fraction of sp³-hybridized carbons (Fsp3) is 0.105. The molecule has 0 atom stereocenters. The lowest BCUT2D eigenvalue weighted by atomic mass is 10.2. The summed E-state index contributed by atoms with van der Waals surface area (Å²) in [5, 5.41) is 10.6. The van der Waals surface area contributed by atoms with Crippen molar-refractivity contribution in [3.63, 3.8) is 0 Å². The van der Waals surface area contributed by atoms with E-state index in [4.69, 9.17) is 21.5 Å². The Kier molecular flexibility index (Phi) is 6.56. The van der Waals surface area contributed by atoms with Crippen LogP contribution in [0, 0.1) is 0 Å². The molecule has 2 N–H and O–H groups in total. The van der Waals surface area contributed by atoms with Crippen LogP contribution in [0.4, 0.5) is 5.69 Å². The molecule has 27 heavy (non-hydrogen) atoms. The second-order valence-corrected chi connectivity index (χ2v) is 6.78. The fourth-order valence-electron chi connectivity index (χ4n) is 2.22. The first kappa shape index (κ1) is 19.1. The minimum Gasteiger partial charge on any atom is -0.489 e. The third-order valence-electron chi connectivity index (χ3n) is 3.41. The van der Waals surface area contributed by atoms with Crippen molar-refractivity contribution < 1.29 is 9.26 Å². The van der Waals surface area contributed by atoms with E-state index in [2.05, 4.69) is 43.3 Å². The minimum atomic E-state index is 0.319. The van der Waals surface area contributed by atoms with E-state index in [-0.39, 0.29) is 0 Å². The molecule has 138 valence electrons. The van der Waals surface area contributed by atoms with Crippen molar-refractivity contribution in [3.05, 3.63) is 71.5 Å². The Labute approximate surface area is 170 Å². The summed E-state index contributed by atoms with van der Waals surface area (Å²) in [5.41, 5.74) is 1.69. The molecule has 0 amide bonds. The molecular weight excluding hydrogens is 428 g/mol. The smallest absolute Gasteiger partial charge is 0.246 e. The van der Waals surface area contributed by atoms with E-state index in [9.17, 15) is 0 Å². The molecule has 0 unspecified atom stereocenters. The molecular formula is C19H17BrN4O2S. The van der Waals surface area contributed by atoms with Crippen molar-refractivity contribution in [1.29, 1.82) is 0 Å². The quantitative estimate of drug-likeness (QED) is 0.408. The second kappa shape index (κ2) is 9.29. The van der Waals surface area contributed by atoms with Crippen molar-refractivity contribution in [1.82, 2.24) is 15.5 Å². The standard InChI is InChI=1S/C19H17BrN4O2S/c1-2-9-25-16-8-4-7-15(11-16)22-19(27)21-12-17-23-18(24-26-17)13-5-3-6-14(20)10-13/h2-8,10-11H,1,9,12H2,(H2,21,22,27). The molecule has 0 saturated carbocycles. The van der Waals surface area contributed by atoms with Gasteiger partial charge >= 0.3 is 0 Å². The number of thiocarbonyl (C=S) groups is 1. The van der Waals surface area contributed by atoms with Crippen LogP contribution in [0.25, 0.3) is 11.4 Å². The first-order valence-electron chi connectivity index (χ1n) is 8.11. The summed E-state index contributed by atoms with van der Waals surface area (Å²) >= 11 is 8.74. The third kappa shape index (κ3) is 5.63. The molecule has 3 rings (SSSR count). The molecule has 6 nitrogen and oxygen atoms in total. The van der Waals surface area contributed by atoms with Crippen LogP contribution in [0.2, 0.25) is 0 Å². The van der Waals surface area contributed by atoms with Crippen LogP contribution >= 0.6 is 28.1 Å². The summed E-state index contributed by atoms with van der Waals surface area (Å²) < 4.78 is 11.7. The highest BCUT2D eigenvalue weighted by atomic mass is 79.9. The van der Waals surface area contributed by atoms with Gasteiger partial charge in [-0.15, -0.1) is 0 Å². The highest BCUT2D eigenvalue weighted by Crippen LogP contribution is 2.20. The Hall–Kier alpha value is -2.71. The van der Waals surface area contributed by atoms with E-state index in [1.54, 1.807) is 6.08 Å². The number of nitrogens with one attached hydrogen (secondary N) is 2. The van der Waals surface area contributed by atoms with Gasteiger partial charge in [0.1, 0.15) is 12.4 Å². The van der Waals surface area contributed by atoms with Gasteiger partial charge in [-0.25, -0.2) is 0 Å². The number of halogens is 1. The lowest BCUT2D eigenvalue weighted by Crippen LogP contribution is -2.28. The number of hydrogen-bond acceptors (Lipinski definition) is 5. The Bertz CT molecular complexity index is 945. The lowest BCUT2D eigenvalue weighted by Gasteiger charge is -2.10. The highest BCUT2D eigenvalue weighted by Gasteiger charge is 2.09. The molecule has 0 radical (unpaired) electrons. The van der Waals surface area contributed by atoms with Gasteiger partial charge < -0.3 is 19.9 Å². The molecule has 8 heteroatoms. The Morgan fingerprint density at radius 2 is 2.11 bits per heavy atom. The van der Waals surface area contributed by atoms with E-state index in [1.165, 1.54) is 0 Å². The van der Waals surface area contributed by atoms with Gasteiger partial charge in [-0.3, -0.25) is 0 Å². The Balaban J connectivity index is 1.54. The summed E-state index contributed by atoms with van der Waals surface area (Å²) in [5.74, 6) is 1.70. The fourth-order valence-corrected chi connectivity index (χ4v) is 2.81. The maximum atomic E-state index is 5.50. The zero-order chi connectivity index (χ0) is 19.1. The van der Waals surface area contributed by atoms with Crippen LogP contribution in [-0.2, 0) is 6.54 Å². The molecule has 3 aromatic rings. The van der Waals surface area contributed by atoms with E-state index in [0.29, 0.717) is 30.0 Å². The van der Waals surface area contributed by atoms with Crippen LogP contribution in [0.1, 0.15) is 5.89 Å². The molecule has 1 aromatic heterocycles. The monoisotopic (exact) mass is 444 g/mol. The number of ether oxygens (including phenoxy) is 1. The molecule has 0 aliphatic heterocycles. The maximum Gasteiger partial charge on any atom is 0.246 e.